The molecular weight excluding hydrogens is 892 g/mol. The first-order valence-electron chi connectivity index (χ1n) is 25.5. The first kappa shape index (κ1) is 41.0. The predicted molar refractivity (Wildman–Crippen MR) is 304 cm³/mol. The summed E-state index contributed by atoms with van der Waals surface area (Å²) in [7, 11) is 0. The third kappa shape index (κ3) is 5.65. The number of aromatic nitrogens is 4. The lowest BCUT2D eigenvalue weighted by Gasteiger charge is -2.35. The lowest BCUT2D eigenvalue weighted by atomic mass is 9.34. The summed E-state index contributed by atoms with van der Waals surface area (Å²) in [5.41, 5.74) is 21.6. The van der Waals surface area contributed by atoms with Crippen molar-refractivity contribution in [2.75, 3.05) is 0 Å². The van der Waals surface area contributed by atoms with E-state index in [0.717, 1.165) is 94.4 Å². The highest BCUT2D eigenvalue weighted by Crippen LogP contribution is 2.46. The van der Waals surface area contributed by atoms with E-state index < -0.39 is 0 Å². The molecule has 2 aliphatic heterocycles. The van der Waals surface area contributed by atoms with Crippen molar-refractivity contribution in [2.24, 2.45) is 0 Å². The number of nitrogens with zero attached hydrogens (tertiary/aromatic N) is 4. The molecule has 0 radical (unpaired) electrons. The summed E-state index contributed by atoms with van der Waals surface area (Å²) in [6.45, 7) is 14.0. The lowest BCUT2D eigenvalue weighted by molar-refractivity contribution is 0.591. The van der Waals surface area contributed by atoms with Gasteiger partial charge in [0.05, 0.1) is 22.4 Å². The zero-order valence-corrected chi connectivity index (χ0v) is 41.4. The van der Waals surface area contributed by atoms with Crippen molar-refractivity contribution >= 4 is 111 Å². The standard InChI is InChI=1S/C66H47BN4O2/c1-65(2,3)39-27-47-43-31-45-41-21-13-15-23-57(41)72-59(45)34-53(43)70-55-25-38(52-33-51(36-17-9-7-10-18-36)68-64(69-52)37-19-11-8-12-20-37)26-56-61(55)67(49(29-39)62(47)70)50-30-40(66(4,5)6)28-48-44-32-46-42-22-14-16-24-58(42)73-60(46)35-54(44)71(56)63(48)50/h7-35H,1-6H3. The molecule has 0 N–H and O–H groups in total. The second-order valence-electron chi connectivity index (χ2n) is 22.6. The fourth-order valence-electron chi connectivity index (χ4n) is 12.6. The molecule has 2 aliphatic rings. The second kappa shape index (κ2) is 14.0. The van der Waals surface area contributed by atoms with E-state index in [1.807, 2.05) is 6.07 Å². The molecule has 14 aromatic rings. The topological polar surface area (TPSA) is 61.9 Å². The van der Waals surface area contributed by atoms with Gasteiger partial charge in [-0.3, -0.25) is 0 Å². The number of hydrogen-bond acceptors (Lipinski definition) is 4. The van der Waals surface area contributed by atoms with Crippen LogP contribution in [0, 0.1) is 0 Å². The van der Waals surface area contributed by atoms with Crippen molar-refractivity contribution in [3.05, 3.63) is 187 Å². The Kier molecular flexibility index (Phi) is 7.89. The Morgan fingerprint density at radius 1 is 0.384 bits per heavy atom. The van der Waals surface area contributed by atoms with Crippen LogP contribution in [0.15, 0.2) is 185 Å². The Balaban J connectivity index is 1.11. The van der Waals surface area contributed by atoms with Gasteiger partial charge in [-0.15, -0.1) is 0 Å². The minimum absolute atomic E-state index is 0.0833. The monoisotopic (exact) mass is 938 g/mol. The average Bonchev–Trinajstić information content (AvgIpc) is 4.17. The van der Waals surface area contributed by atoms with Gasteiger partial charge in [0, 0.05) is 94.3 Å². The predicted octanol–water partition coefficient (Wildman–Crippen LogP) is 15.2. The fraction of sp³-hybridized carbons (Fsp3) is 0.121. The smallest absolute Gasteiger partial charge is 0.252 e. The Hall–Kier alpha value is -8.68. The summed E-state index contributed by atoms with van der Waals surface area (Å²) in [6.07, 6.45) is 0. The van der Waals surface area contributed by atoms with Crippen LogP contribution in [0.5, 0.6) is 0 Å². The molecule has 0 aliphatic carbocycles. The summed E-state index contributed by atoms with van der Waals surface area (Å²) < 4.78 is 18.6. The van der Waals surface area contributed by atoms with E-state index in [1.165, 1.54) is 60.1 Å². The number of fused-ring (bicyclic) bond motifs is 16. The van der Waals surface area contributed by atoms with Crippen LogP contribution >= 0.6 is 0 Å². The van der Waals surface area contributed by atoms with E-state index in [4.69, 9.17) is 18.8 Å². The maximum atomic E-state index is 6.73. The highest BCUT2D eigenvalue weighted by Gasteiger charge is 2.43. The Labute approximate surface area is 421 Å². The maximum Gasteiger partial charge on any atom is 0.252 e. The van der Waals surface area contributed by atoms with Gasteiger partial charge in [-0.05, 0) is 92.9 Å². The normalized spacial score (nSPS) is 13.3. The largest absolute Gasteiger partial charge is 0.456 e. The Morgan fingerprint density at radius 2 is 0.836 bits per heavy atom. The minimum Gasteiger partial charge on any atom is -0.456 e. The molecule has 0 saturated carbocycles. The number of para-hydroxylation sites is 2. The molecule has 5 aromatic heterocycles. The molecule has 0 unspecified atom stereocenters. The first-order valence-corrected chi connectivity index (χ1v) is 25.5. The van der Waals surface area contributed by atoms with Gasteiger partial charge in [-0.2, -0.15) is 0 Å². The summed E-state index contributed by atoms with van der Waals surface area (Å²) in [5.74, 6) is 0.684. The SMILES string of the molecule is CC(C)(C)c1cc2c3c(c1)c1cc4c(cc1n3-c1cc(-c3cc(-c5ccccc5)nc(-c5ccccc5)n3)cc3c1B2c1cc(C(C)(C)C)cc2c5cc6c(cc5n-3c12)oc1ccccc16)oc1ccccc14. The van der Waals surface area contributed by atoms with Gasteiger partial charge < -0.3 is 18.0 Å². The summed E-state index contributed by atoms with van der Waals surface area (Å²) in [6, 6.07) is 64.1. The molecule has 346 valence electrons. The molecule has 0 bridgehead atoms. The van der Waals surface area contributed by atoms with Crippen molar-refractivity contribution in [1.82, 2.24) is 19.1 Å². The third-order valence-electron chi connectivity index (χ3n) is 16.2. The molecule has 16 rings (SSSR count). The van der Waals surface area contributed by atoms with Gasteiger partial charge in [0.1, 0.15) is 22.3 Å². The molecule has 0 spiro atoms. The summed E-state index contributed by atoms with van der Waals surface area (Å²) in [4.78, 5) is 10.7. The molecule has 0 atom stereocenters. The van der Waals surface area contributed by atoms with Crippen molar-refractivity contribution in [1.29, 1.82) is 0 Å². The highest BCUT2D eigenvalue weighted by molar-refractivity contribution is 7.00. The van der Waals surface area contributed by atoms with E-state index >= 15 is 0 Å². The Bertz CT molecular complexity index is 4460. The van der Waals surface area contributed by atoms with Crippen molar-refractivity contribution < 1.29 is 8.83 Å². The van der Waals surface area contributed by atoms with E-state index in [-0.39, 0.29) is 17.5 Å². The molecular formula is C66H47BN4O2. The van der Waals surface area contributed by atoms with Crippen LogP contribution in [0.3, 0.4) is 0 Å². The average molecular weight is 939 g/mol. The quantitative estimate of drug-likeness (QED) is 0.166. The van der Waals surface area contributed by atoms with Gasteiger partial charge >= 0.3 is 0 Å². The van der Waals surface area contributed by atoms with Gasteiger partial charge in [0.25, 0.3) is 6.71 Å². The zero-order valence-electron chi connectivity index (χ0n) is 41.4. The molecule has 0 fully saturated rings. The van der Waals surface area contributed by atoms with Gasteiger partial charge in [-0.25, -0.2) is 9.97 Å². The molecule has 0 amide bonds. The highest BCUT2D eigenvalue weighted by atomic mass is 16.3. The summed E-state index contributed by atoms with van der Waals surface area (Å²) >= 11 is 0. The number of rotatable bonds is 3. The second-order valence-corrected chi connectivity index (χ2v) is 22.6. The van der Waals surface area contributed by atoms with Crippen molar-refractivity contribution in [3.63, 3.8) is 0 Å². The van der Waals surface area contributed by atoms with Crippen LogP contribution in [0.1, 0.15) is 52.7 Å². The number of hydrogen-bond donors (Lipinski definition) is 0. The molecule has 73 heavy (non-hydrogen) atoms. The fourth-order valence-corrected chi connectivity index (χ4v) is 12.6. The molecule has 7 heterocycles. The van der Waals surface area contributed by atoms with Crippen LogP contribution in [0.4, 0.5) is 0 Å². The molecule has 7 heteroatoms. The van der Waals surface area contributed by atoms with E-state index in [1.54, 1.807) is 0 Å². The van der Waals surface area contributed by atoms with Crippen LogP contribution in [-0.4, -0.2) is 25.8 Å². The molecule has 6 nitrogen and oxygen atoms in total. The summed E-state index contributed by atoms with van der Waals surface area (Å²) in [5, 5.41) is 9.44. The van der Waals surface area contributed by atoms with Gasteiger partial charge in [0.15, 0.2) is 5.82 Å². The van der Waals surface area contributed by atoms with Crippen molar-refractivity contribution in [2.45, 2.75) is 52.4 Å². The van der Waals surface area contributed by atoms with Crippen LogP contribution in [0.2, 0.25) is 0 Å². The van der Waals surface area contributed by atoms with Crippen LogP contribution in [-0.2, 0) is 10.8 Å². The van der Waals surface area contributed by atoms with E-state index in [2.05, 4.69) is 221 Å². The molecule has 0 saturated heterocycles. The van der Waals surface area contributed by atoms with Crippen molar-refractivity contribution in [3.8, 4) is 45.3 Å². The van der Waals surface area contributed by atoms with Crippen LogP contribution < -0.4 is 16.4 Å². The maximum absolute atomic E-state index is 6.73. The number of furan rings is 2. The lowest BCUT2D eigenvalue weighted by Crippen LogP contribution is -2.59. The zero-order chi connectivity index (χ0) is 48.8. The van der Waals surface area contributed by atoms with Gasteiger partial charge in [0.2, 0.25) is 0 Å². The molecule has 9 aromatic carbocycles. The van der Waals surface area contributed by atoms with Gasteiger partial charge in [-0.1, -0.05) is 151 Å². The first-order chi connectivity index (χ1) is 35.4. The number of benzene rings is 9. The third-order valence-corrected chi connectivity index (χ3v) is 16.2. The van der Waals surface area contributed by atoms with Crippen LogP contribution in [0.25, 0.3) is 133 Å². The minimum atomic E-state index is -0.124. The Morgan fingerprint density at radius 3 is 1.33 bits per heavy atom. The van der Waals surface area contributed by atoms with E-state index in [9.17, 15) is 0 Å². The van der Waals surface area contributed by atoms with E-state index in [0.29, 0.717) is 5.82 Å².